The van der Waals surface area contributed by atoms with Gasteiger partial charge in [-0.25, -0.2) is 13.4 Å². The molecule has 0 aliphatic carbocycles. The molecule has 1 fully saturated rings. The summed E-state index contributed by atoms with van der Waals surface area (Å²) in [6.07, 6.45) is 5.25. The highest BCUT2D eigenvalue weighted by Crippen LogP contribution is 2.32. The van der Waals surface area contributed by atoms with Crippen molar-refractivity contribution in [2.45, 2.75) is 23.0 Å². The molecule has 3 rings (SSSR count). The van der Waals surface area contributed by atoms with Crippen LogP contribution in [-0.2, 0) is 10.0 Å². The largest absolute Gasteiger partial charge is 0.348 e. The molecule has 108 valence electrons. The lowest BCUT2D eigenvalue weighted by Crippen LogP contribution is -2.39. The first-order valence-electron chi connectivity index (χ1n) is 6.32. The molecule has 0 amide bonds. The molecular weight excluding hydrogens is 318 g/mol. The lowest BCUT2D eigenvalue weighted by atomic mass is 9.99. The summed E-state index contributed by atoms with van der Waals surface area (Å²) in [5.41, 5.74) is 0. The van der Waals surface area contributed by atoms with Crippen molar-refractivity contribution in [2.24, 2.45) is 0 Å². The molecule has 0 saturated carbocycles. The van der Waals surface area contributed by atoms with E-state index >= 15 is 0 Å². The third-order valence-electron chi connectivity index (χ3n) is 3.43. The highest BCUT2D eigenvalue weighted by Gasteiger charge is 2.32. The van der Waals surface area contributed by atoms with Crippen LogP contribution in [0, 0.1) is 0 Å². The monoisotopic (exact) mass is 331 g/mol. The fourth-order valence-electron chi connectivity index (χ4n) is 2.45. The van der Waals surface area contributed by atoms with Crippen LogP contribution in [0.4, 0.5) is 0 Å². The van der Waals surface area contributed by atoms with Crippen molar-refractivity contribution in [3.63, 3.8) is 0 Å². The Morgan fingerprint density at radius 1 is 1.45 bits per heavy atom. The molecule has 3 heterocycles. The van der Waals surface area contributed by atoms with Crippen LogP contribution in [0.1, 0.15) is 24.6 Å². The van der Waals surface area contributed by atoms with Crippen molar-refractivity contribution in [1.29, 1.82) is 0 Å². The van der Waals surface area contributed by atoms with E-state index < -0.39 is 10.0 Å². The second kappa shape index (κ2) is 5.48. The molecule has 1 aliphatic heterocycles. The summed E-state index contributed by atoms with van der Waals surface area (Å²) in [6, 6.07) is 3.19. The molecule has 0 spiro atoms. The second-order valence-electron chi connectivity index (χ2n) is 4.74. The van der Waals surface area contributed by atoms with Crippen molar-refractivity contribution < 1.29 is 8.42 Å². The van der Waals surface area contributed by atoms with Crippen molar-refractivity contribution in [2.75, 3.05) is 13.1 Å². The number of imidazole rings is 1. The maximum atomic E-state index is 12.6. The van der Waals surface area contributed by atoms with Crippen molar-refractivity contribution >= 4 is 33.0 Å². The van der Waals surface area contributed by atoms with E-state index in [0.29, 0.717) is 21.6 Å². The molecule has 0 unspecified atom stereocenters. The van der Waals surface area contributed by atoms with Gasteiger partial charge in [-0.1, -0.05) is 11.6 Å². The minimum absolute atomic E-state index is 0.129. The molecule has 2 aromatic heterocycles. The number of H-pyrrole nitrogens is 1. The van der Waals surface area contributed by atoms with Crippen LogP contribution in [0.5, 0.6) is 0 Å². The van der Waals surface area contributed by atoms with Gasteiger partial charge < -0.3 is 4.98 Å². The number of aromatic amines is 1. The van der Waals surface area contributed by atoms with Gasteiger partial charge in [0.15, 0.2) is 0 Å². The Morgan fingerprint density at radius 3 is 2.95 bits per heavy atom. The van der Waals surface area contributed by atoms with Crippen molar-refractivity contribution in [3.05, 3.63) is 34.7 Å². The van der Waals surface area contributed by atoms with Crippen molar-refractivity contribution in [1.82, 2.24) is 14.3 Å². The molecule has 0 aromatic carbocycles. The first-order chi connectivity index (χ1) is 9.57. The lowest BCUT2D eigenvalue weighted by Gasteiger charge is -2.30. The predicted molar refractivity (Wildman–Crippen MR) is 78.7 cm³/mol. The lowest BCUT2D eigenvalue weighted by molar-refractivity contribution is 0.310. The summed E-state index contributed by atoms with van der Waals surface area (Å²) >= 11 is 6.94. The Hall–Kier alpha value is -0.890. The summed E-state index contributed by atoms with van der Waals surface area (Å²) in [5.74, 6) is 0.984. The molecule has 1 atom stereocenters. The van der Waals surface area contributed by atoms with E-state index in [1.807, 2.05) is 0 Å². The zero-order valence-corrected chi connectivity index (χ0v) is 13.0. The minimum atomic E-state index is -3.44. The molecule has 1 saturated heterocycles. The van der Waals surface area contributed by atoms with E-state index in [9.17, 15) is 8.42 Å². The first-order valence-corrected chi connectivity index (χ1v) is 8.95. The van der Waals surface area contributed by atoms with Gasteiger partial charge in [0.25, 0.3) is 10.0 Å². The number of thiophene rings is 1. The SMILES string of the molecule is O=S(=O)(c1ccc(Cl)s1)N1CCC[C@@H](c2ncc[nH]2)C1. The van der Waals surface area contributed by atoms with E-state index in [2.05, 4.69) is 9.97 Å². The van der Waals surface area contributed by atoms with Crippen molar-refractivity contribution in [3.8, 4) is 0 Å². The van der Waals surface area contributed by atoms with E-state index in [-0.39, 0.29) is 5.92 Å². The highest BCUT2D eigenvalue weighted by molar-refractivity contribution is 7.91. The van der Waals surface area contributed by atoms with Gasteiger partial charge in [0.2, 0.25) is 0 Å². The molecule has 8 heteroatoms. The van der Waals surface area contributed by atoms with Gasteiger partial charge in [-0.2, -0.15) is 4.31 Å². The standard InChI is InChI=1S/C12H14ClN3O2S2/c13-10-3-4-11(19-10)20(17,18)16-7-1-2-9(8-16)12-14-5-6-15-12/h3-6,9H,1-2,7-8H2,(H,14,15)/t9-/m1/s1. The van der Waals surface area contributed by atoms with Gasteiger partial charge >= 0.3 is 0 Å². The Bertz CT molecular complexity index is 681. The maximum Gasteiger partial charge on any atom is 0.252 e. The maximum absolute atomic E-state index is 12.6. The molecule has 1 N–H and O–H groups in total. The van der Waals surface area contributed by atoms with Gasteiger partial charge in [-0.3, -0.25) is 0 Å². The Kier molecular flexibility index (Phi) is 3.85. The number of nitrogens with one attached hydrogen (secondary N) is 1. The summed E-state index contributed by atoms with van der Waals surface area (Å²) in [5, 5.41) is 0. The average molecular weight is 332 g/mol. The number of hydrogen-bond acceptors (Lipinski definition) is 4. The third kappa shape index (κ3) is 2.63. The van der Waals surface area contributed by atoms with Crippen LogP contribution in [-0.4, -0.2) is 35.8 Å². The molecule has 20 heavy (non-hydrogen) atoms. The zero-order valence-electron chi connectivity index (χ0n) is 10.6. The van der Waals surface area contributed by atoms with Crippen LogP contribution in [0.2, 0.25) is 4.34 Å². The first kappa shape index (κ1) is 14.1. The summed E-state index contributed by atoms with van der Waals surface area (Å²) in [4.78, 5) is 7.31. The van der Waals surface area contributed by atoms with Gasteiger partial charge in [0, 0.05) is 31.4 Å². The summed E-state index contributed by atoms with van der Waals surface area (Å²) in [6.45, 7) is 1.01. The van der Waals surface area contributed by atoms with Gasteiger partial charge in [-0.05, 0) is 25.0 Å². The molecule has 0 bridgehead atoms. The quantitative estimate of drug-likeness (QED) is 0.940. The predicted octanol–water partition coefficient (Wildman–Crippen LogP) is 2.69. The molecule has 5 nitrogen and oxygen atoms in total. The van der Waals surface area contributed by atoms with Crippen LogP contribution in [0.25, 0.3) is 0 Å². The normalized spacial score (nSPS) is 21.1. The van der Waals surface area contributed by atoms with Crippen LogP contribution in [0.3, 0.4) is 0 Å². The van der Waals surface area contributed by atoms with Gasteiger partial charge in [0.1, 0.15) is 10.0 Å². The van der Waals surface area contributed by atoms with E-state index in [1.165, 1.54) is 4.31 Å². The molecule has 2 aromatic rings. The van der Waals surface area contributed by atoms with E-state index in [1.54, 1.807) is 24.5 Å². The number of aromatic nitrogens is 2. The summed E-state index contributed by atoms with van der Waals surface area (Å²) < 4.78 is 27.5. The summed E-state index contributed by atoms with van der Waals surface area (Å²) in [7, 11) is -3.44. The Labute approximate surface area is 126 Å². The van der Waals surface area contributed by atoms with Gasteiger partial charge in [-0.15, -0.1) is 11.3 Å². The fraction of sp³-hybridized carbons (Fsp3) is 0.417. The zero-order chi connectivity index (χ0) is 14.2. The average Bonchev–Trinajstić information content (AvgIpc) is 3.10. The highest BCUT2D eigenvalue weighted by atomic mass is 35.5. The number of nitrogens with zero attached hydrogens (tertiary/aromatic N) is 2. The van der Waals surface area contributed by atoms with E-state index in [0.717, 1.165) is 30.0 Å². The number of hydrogen-bond donors (Lipinski definition) is 1. The van der Waals surface area contributed by atoms with E-state index in [4.69, 9.17) is 11.6 Å². The van der Waals surface area contributed by atoms with Crippen LogP contribution >= 0.6 is 22.9 Å². The fourth-order valence-corrected chi connectivity index (χ4v) is 5.61. The molecular formula is C12H14ClN3O2S2. The molecule has 1 aliphatic rings. The van der Waals surface area contributed by atoms with Crippen LogP contribution < -0.4 is 0 Å². The Morgan fingerprint density at radius 2 is 2.30 bits per heavy atom. The second-order valence-corrected chi connectivity index (χ2v) is 8.62. The number of halogens is 1. The number of piperidine rings is 1. The van der Waals surface area contributed by atoms with Crippen LogP contribution in [0.15, 0.2) is 28.7 Å². The smallest absolute Gasteiger partial charge is 0.252 e. The Balaban J connectivity index is 1.83. The number of sulfonamides is 1. The molecule has 0 radical (unpaired) electrons. The topological polar surface area (TPSA) is 66.1 Å². The number of rotatable bonds is 3. The van der Waals surface area contributed by atoms with Gasteiger partial charge in [0.05, 0.1) is 4.34 Å². The minimum Gasteiger partial charge on any atom is -0.348 e. The third-order valence-corrected chi connectivity index (χ3v) is 7.00.